The molecule has 0 aromatic carbocycles. The van der Waals surface area contributed by atoms with Gasteiger partial charge >= 0.3 is 0 Å². The Balaban J connectivity index is 2.64. The van der Waals surface area contributed by atoms with Gasteiger partial charge in [0.1, 0.15) is 4.88 Å². The van der Waals surface area contributed by atoms with E-state index >= 15 is 0 Å². The normalized spacial score (nSPS) is 12.9. The van der Waals surface area contributed by atoms with Crippen LogP contribution in [0.1, 0.15) is 30.4 Å². The molecule has 1 aromatic rings. The maximum absolute atomic E-state index is 11.7. The minimum Gasteiger partial charge on any atom is -0.397 e. The van der Waals surface area contributed by atoms with Gasteiger partial charge in [-0.25, -0.2) is 0 Å². The Morgan fingerprint density at radius 2 is 2.14 bits per heavy atom. The Morgan fingerprint density at radius 1 is 1.50 bits per heavy atom. The van der Waals surface area contributed by atoms with Crippen LogP contribution < -0.4 is 11.1 Å². The predicted molar refractivity (Wildman–Crippen MR) is 60.5 cm³/mol. The number of nitrogen functional groups attached to an aromatic ring is 1. The van der Waals surface area contributed by atoms with Crippen LogP contribution in [0.15, 0.2) is 11.4 Å². The van der Waals surface area contributed by atoms with Crippen molar-refractivity contribution in [2.24, 2.45) is 5.92 Å². The maximum Gasteiger partial charge on any atom is 0.263 e. The number of hydrogen-bond acceptors (Lipinski definition) is 3. The molecule has 3 N–H and O–H groups in total. The standard InChI is InChI=1S/C10H16N2OS/c1-6(2)7(3)12-10(13)9-8(11)4-5-14-9/h4-7H,11H2,1-3H3,(H,12,13). The van der Waals surface area contributed by atoms with Gasteiger partial charge in [0.15, 0.2) is 0 Å². The van der Waals surface area contributed by atoms with Crippen molar-refractivity contribution in [3.05, 3.63) is 16.3 Å². The molecule has 0 aliphatic rings. The number of anilines is 1. The number of rotatable bonds is 3. The summed E-state index contributed by atoms with van der Waals surface area (Å²) in [5.41, 5.74) is 6.20. The van der Waals surface area contributed by atoms with Gasteiger partial charge in [0, 0.05) is 6.04 Å². The van der Waals surface area contributed by atoms with Crippen molar-refractivity contribution >= 4 is 22.9 Å². The Morgan fingerprint density at radius 3 is 2.57 bits per heavy atom. The summed E-state index contributed by atoms with van der Waals surface area (Å²) < 4.78 is 0. The zero-order chi connectivity index (χ0) is 10.7. The molecule has 78 valence electrons. The summed E-state index contributed by atoms with van der Waals surface area (Å²) in [4.78, 5) is 12.3. The Hall–Kier alpha value is -1.03. The van der Waals surface area contributed by atoms with Crippen LogP contribution in [0.2, 0.25) is 0 Å². The first-order chi connectivity index (χ1) is 6.52. The molecule has 1 rings (SSSR count). The van der Waals surface area contributed by atoms with Gasteiger partial charge in [-0.1, -0.05) is 13.8 Å². The second-order valence-corrected chi connectivity index (χ2v) is 4.63. The summed E-state index contributed by atoms with van der Waals surface area (Å²) in [6, 6.07) is 1.92. The third-order valence-electron chi connectivity index (χ3n) is 2.26. The first-order valence-corrected chi connectivity index (χ1v) is 5.54. The van der Waals surface area contributed by atoms with E-state index in [1.165, 1.54) is 11.3 Å². The largest absolute Gasteiger partial charge is 0.397 e. The van der Waals surface area contributed by atoms with E-state index in [-0.39, 0.29) is 11.9 Å². The minimum atomic E-state index is -0.0706. The van der Waals surface area contributed by atoms with E-state index in [0.29, 0.717) is 16.5 Å². The second-order valence-electron chi connectivity index (χ2n) is 3.71. The quantitative estimate of drug-likeness (QED) is 0.806. The van der Waals surface area contributed by atoms with E-state index in [0.717, 1.165) is 0 Å². The van der Waals surface area contributed by atoms with Gasteiger partial charge in [-0.2, -0.15) is 0 Å². The van der Waals surface area contributed by atoms with E-state index in [2.05, 4.69) is 19.2 Å². The van der Waals surface area contributed by atoms with Crippen LogP contribution in [0, 0.1) is 5.92 Å². The summed E-state index contributed by atoms with van der Waals surface area (Å²) in [7, 11) is 0. The fourth-order valence-electron chi connectivity index (χ4n) is 0.943. The maximum atomic E-state index is 11.7. The van der Waals surface area contributed by atoms with Crippen LogP contribution in [0.3, 0.4) is 0 Å². The SMILES string of the molecule is CC(C)C(C)NC(=O)c1sccc1N. The molecule has 0 aliphatic carbocycles. The third kappa shape index (κ3) is 2.48. The molecule has 1 aromatic heterocycles. The summed E-state index contributed by atoms with van der Waals surface area (Å²) in [5.74, 6) is 0.360. The molecule has 1 atom stereocenters. The number of hydrogen-bond donors (Lipinski definition) is 2. The third-order valence-corrected chi connectivity index (χ3v) is 3.19. The predicted octanol–water partition coefficient (Wildman–Crippen LogP) is 2.10. The van der Waals surface area contributed by atoms with E-state index in [1.54, 1.807) is 6.07 Å². The summed E-state index contributed by atoms with van der Waals surface area (Å²) in [6.07, 6.45) is 0. The number of thiophene rings is 1. The average molecular weight is 212 g/mol. The Kier molecular flexibility index (Phi) is 3.52. The lowest BCUT2D eigenvalue weighted by Gasteiger charge is -2.16. The van der Waals surface area contributed by atoms with Crippen LogP contribution in [0.5, 0.6) is 0 Å². The Labute approximate surface area is 88.3 Å². The lowest BCUT2D eigenvalue weighted by atomic mass is 10.1. The van der Waals surface area contributed by atoms with Crippen LogP contribution in [-0.2, 0) is 0 Å². The number of carbonyl (C=O) groups excluding carboxylic acids is 1. The summed E-state index contributed by atoms with van der Waals surface area (Å²) in [5, 5.41) is 4.74. The smallest absolute Gasteiger partial charge is 0.263 e. The molecule has 14 heavy (non-hydrogen) atoms. The lowest BCUT2D eigenvalue weighted by molar-refractivity contribution is 0.0935. The number of nitrogens with one attached hydrogen (secondary N) is 1. The van der Waals surface area contributed by atoms with Crippen molar-refractivity contribution in [2.45, 2.75) is 26.8 Å². The zero-order valence-electron chi connectivity index (χ0n) is 8.70. The van der Waals surface area contributed by atoms with Crippen LogP contribution in [0.4, 0.5) is 5.69 Å². The Bertz CT molecular complexity index is 320. The van der Waals surface area contributed by atoms with Gasteiger partial charge < -0.3 is 11.1 Å². The molecule has 0 spiro atoms. The highest BCUT2D eigenvalue weighted by atomic mass is 32.1. The molecule has 0 fully saturated rings. The van der Waals surface area contributed by atoms with Gasteiger partial charge in [0.05, 0.1) is 5.69 Å². The molecule has 0 saturated carbocycles. The molecule has 1 heterocycles. The number of carbonyl (C=O) groups is 1. The fraction of sp³-hybridized carbons (Fsp3) is 0.500. The van der Waals surface area contributed by atoms with Crippen molar-refractivity contribution in [1.29, 1.82) is 0 Å². The topological polar surface area (TPSA) is 55.1 Å². The van der Waals surface area contributed by atoms with Crippen molar-refractivity contribution in [2.75, 3.05) is 5.73 Å². The van der Waals surface area contributed by atoms with E-state index in [4.69, 9.17) is 5.73 Å². The van der Waals surface area contributed by atoms with E-state index < -0.39 is 0 Å². The van der Waals surface area contributed by atoms with Gasteiger partial charge in [-0.05, 0) is 24.3 Å². The van der Waals surface area contributed by atoms with Crippen LogP contribution in [0.25, 0.3) is 0 Å². The van der Waals surface area contributed by atoms with Gasteiger partial charge in [0.2, 0.25) is 0 Å². The first kappa shape index (κ1) is 11.0. The molecule has 3 nitrogen and oxygen atoms in total. The summed E-state index contributed by atoms with van der Waals surface area (Å²) in [6.45, 7) is 6.14. The second kappa shape index (κ2) is 4.46. The monoisotopic (exact) mass is 212 g/mol. The highest BCUT2D eigenvalue weighted by Crippen LogP contribution is 2.18. The molecule has 0 bridgehead atoms. The van der Waals surface area contributed by atoms with E-state index in [1.807, 2.05) is 12.3 Å². The molecule has 0 aliphatic heterocycles. The molecule has 0 saturated heterocycles. The molecular formula is C10H16N2OS. The summed E-state index contributed by atoms with van der Waals surface area (Å²) >= 11 is 1.37. The zero-order valence-corrected chi connectivity index (χ0v) is 9.52. The molecule has 4 heteroatoms. The number of amides is 1. The van der Waals surface area contributed by atoms with Crippen molar-refractivity contribution in [3.8, 4) is 0 Å². The van der Waals surface area contributed by atoms with Crippen LogP contribution in [-0.4, -0.2) is 11.9 Å². The lowest BCUT2D eigenvalue weighted by Crippen LogP contribution is -2.35. The van der Waals surface area contributed by atoms with Crippen molar-refractivity contribution < 1.29 is 4.79 Å². The molecule has 1 amide bonds. The van der Waals surface area contributed by atoms with Gasteiger partial charge in [0.25, 0.3) is 5.91 Å². The van der Waals surface area contributed by atoms with E-state index in [9.17, 15) is 4.79 Å². The first-order valence-electron chi connectivity index (χ1n) is 4.66. The van der Waals surface area contributed by atoms with Crippen molar-refractivity contribution in [3.63, 3.8) is 0 Å². The van der Waals surface area contributed by atoms with Crippen molar-refractivity contribution in [1.82, 2.24) is 5.32 Å². The highest BCUT2D eigenvalue weighted by molar-refractivity contribution is 7.12. The van der Waals surface area contributed by atoms with Gasteiger partial charge in [-0.3, -0.25) is 4.79 Å². The molecular weight excluding hydrogens is 196 g/mol. The minimum absolute atomic E-state index is 0.0706. The van der Waals surface area contributed by atoms with Crippen LogP contribution >= 0.6 is 11.3 Å². The molecule has 0 radical (unpaired) electrons. The molecule has 1 unspecified atom stereocenters. The van der Waals surface area contributed by atoms with Gasteiger partial charge in [-0.15, -0.1) is 11.3 Å². The number of nitrogens with two attached hydrogens (primary N) is 1. The fourth-order valence-corrected chi connectivity index (χ4v) is 1.66. The highest BCUT2D eigenvalue weighted by Gasteiger charge is 2.15. The average Bonchev–Trinajstić information content (AvgIpc) is 2.51.